The third-order valence-corrected chi connectivity index (χ3v) is 3.96. The summed E-state index contributed by atoms with van der Waals surface area (Å²) in [6.07, 6.45) is 9.39. The van der Waals surface area contributed by atoms with Gasteiger partial charge in [-0.25, -0.2) is 4.98 Å². The zero-order chi connectivity index (χ0) is 16.8. The van der Waals surface area contributed by atoms with Gasteiger partial charge in [0.1, 0.15) is 5.82 Å². The van der Waals surface area contributed by atoms with Crippen molar-refractivity contribution in [3.63, 3.8) is 0 Å². The summed E-state index contributed by atoms with van der Waals surface area (Å²) in [6, 6.07) is 12.2. The lowest BCUT2D eigenvalue weighted by molar-refractivity contribution is 0.879. The monoisotopic (exact) mass is 318 g/mol. The second-order valence-corrected chi connectivity index (χ2v) is 6.08. The predicted octanol–water partition coefficient (Wildman–Crippen LogP) is 3.33. The fourth-order valence-electron chi connectivity index (χ4n) is 2.80. The molecule has 0 aromatic carbocycles. The maximum absolute atomic E-state index is 5.82. The molecule has 0 fully saturated rings. The summed E-state index contributed by atoms with van der Waals surface area (Å²) in [5.74, 6) is 0.590. The molecule has 0 saturated heterocycles. The van der Waals surface area contributed by atoms with Crippen LogP contribution < -0.4 is 5.73 Å². The average Bonchev–Trinajstić information content (AvgIpc) is 2.59. The summed E-state index contributed by atoms with van der Waals surface area (Å²) in [6.45, 7) is 2.04. The molecule has 4 nitrogen and oxygen atoms in total. The fraction of sp³-hybridized carbons (Fsp3) is 0.250. The van der Waals surface area contributed by atoms with Gasteiger partial charge in [0, 0.05) is 30.0 Å². The van der Waals surface area contributed by atoms with Crippen LogP contribution in [0.3, 0.4) is 0 Å². The number of hydrogen-bond acceptors (Lipinski definition) is 4. The summed E-state index contributed by atoms with van der Waals surface area (Å²) < 4.78 is 0. The first-order valence-corrected chi connectivity index (χ1v) is 8.25. The van der Waals surface area contributed by atoms with Crippen LogP contribution in [0, 0.1) is 6.92 Å². The van der Waals surface area contributed by atoms with Gasteiger partial charge in [-0.3, -0.25) is 9.97 Å². The highest BCUT2D eigenvalue weighted by Crippen LogP contribution is 2.12. The zero-order valence-electron chi connectivity index (χ0n) is 13.9. The summed E-state index contributed by atoms with van der Waals surface area (Å²) >= 11 is 0. The highest BCUT2D eigenvalue weighted by Gasteiger charge is 2.03. The Labute approximate surface area is 142 Å². The lowest BCUT2D eigenvalue weighted by Gasteiger charge is -2.06. The largest absolute Gasteiger partial charge is 0.384 e. The molecule has 0 radical (unpaired) electrons. The van der Waals surface area contributed by atoms with E-state index in [1.807, 2.05) is 43.7 Å². The van der Waals surface area contributed by atoms with Crippen LogP contribution in [0.2, 0.25) is 0 Å². The Morgan fingerprint density at radius 2 is 1.62 bits per heavy atom. The third-order valence-electron chi connectivity index (χ3n) is 3.96. The number of aromatic nitrogens is 3. The van der Waals surface area contributed by atoms with E-state index in [9.17, 15) is 0 Å². The van der Waals surface area contributed by atoms with Gasteiger partial charge < -0.3 is 5.73 Å². The Morgan fingerprint density at radius 3 is 2.29 bits per heavy atom. The van der Waals surface area contributed by atoms with Gasteiger partial charge in [-0.15, -0.1) is 0 Å². The van der Waals surface area contributed by atoms with Crippen LogP contribution in [-0.2, 0) is 25.7 Å². The summed E-state index contributed by atoms with van der Waals surface area (Å²) in [5.41, 5.74) is 11.6. The zero-order valence-corrected chi connectivity index (χ0v) is 13.9. The van der Waals surface area contributed by atoms with E-state index < -0.39 is 0 Å². The normalized spacial score (nSPS) is 10.7. The van der Waals surface area contributed by atoms with Crippen molar-refractivity contribution in [3.8, 4) is 0 Å². The molecule has 2 N–H and O–H groups in total. The summed E-state index contributed by atoms with van der Waals surface area (Å²) in [4.78, 5) is 13.1. The van der Waals surface area contributed by atoms with Gasteiger partial charge in [0.15, 0.2) is 0 Å². The molecule has 3 aromatic rings. The topological polar surface area (TPSA) is 64.7 Å². The van der Waals surface area contributed by atoms with E-state index in [-0.39, 0.29) is 0 Å². The second-order valence-electron chi connectivity index (χ2n) is 6.08. The van der Waals surface area contributed by atoms with Gasteiger partial charge in [0.05, 0.1) is 0 Å². The molecule has 0 atom stereocenters. The average molecular weight is 318 g/mol. The first-order chi connectivity index (χ1) is 11.7. The molecule has 122 valence electrons. The summed E-state index contributed by atoms with van der Waals surface area (Å²) in [7, 11) is 0. The maximum Gasteiger partial charge on any atom is 0.123 e. The number of rotatable bonds is 6. The molecular weight excluding hydrogens is 296 g/mol. The highest BCUT2D eigenvalue weighted by molar-refractivity contribution is 5.34. The van der Waals surface area contributed by atoms with Crippen molar-refractivity contribution in [1.82, 2.24) is 15.0 Å². The van der Waals surface area contributed by atoms with Crippen LogP contribution in [0.4, 0.5) is 5.82 Å². The molecule has 24 heavy (non-hydrogen) atoms. The number of nitrogen functional groups attached to an aromatic ring is 1. The Morgan fingerprint density at radius 1 is 0.875 bits per heavy atom. The standard InChI is InChI=1S/C20H22N4/c1-15-10-19(24-20(21)11-15)8-6-17-12-16(13-22-14-17)5-7-18-4-2-3-9-23-18/h2-4,9-14H,5-8H2,1H3,(H2,21,24). The molecule has 3 aromatic heterocycles. The minimum atomic E-state index is 0.590. The molecular formula is C20H22N4. The molecule has 0 aliphatic rings. The van der Waals surface area contributed by atoms with Gasteiger partial charge >= 0.3 is 0 Å². The molecule has 0 saturated carbocycles. The van der Waals surface area contributed by atoms with E-state index in [1.54, 1.807) is 0 Å². The maximum atomic E-state index is 5.82. The van der Waals surface area contributed by atoms with Crippen molar-refractivity contribution < 1.29 is 0 Å². The predicted molar refractivity (Wildman–Crippen MR) is 96.7 cm³/mol. The van der Waals surface area contributed by atoms with E-state index in [4.69, 9.17) is 5.73 Å². The van der Waals surface area contributed by atoms with Crippen molar-refractivity contribution in [1.29, 1.82) is 0 Å². The van der Waals surface area contributed by atoms with Gasteiger partial charge in [-0.1, -0.05) is 12.1 Å². The van der Waals surface area contributed by atoms with Crippen molar-refractivity contribution in [3.05, 3.63) is 83.1 Å². The highest BCUT2D eigenvalue weighted by atomic mass is 14.8. The molecule has 0 spiro atoms. The van der Waals surface area contributed by atoms with Crippen LogP contribution in [0.5, 0.6) is 0 Å². The van der Waals surface area contributed by atoms with Crippen molar-refractivity contribution in [2.45, 2.75) is 32.6 Å². The molecule has 0 amide bonds. The van der Waals surface area contributed by atoms with E-state index in [0.717, 1.165) is 42.6 Å². The van der Waals surface area contributed by atoms with E-state index in [2.05, 4.69) is 33.2 Å². The first-order valence-electron chi connectivity index (χ1n) is 8.25. The van der Waals surface area contributed by atoms with Crippen LogP contribution >= 0.6 is 0 Å². The van der Waals surface area contributed by atoms with Crippen LogP contribution in [0.25, 0.3) is 0 Å². The SMILES string of the molecule is Cc1cc(N)nc(CCc2cncc(CCc3ccccn3)c2)c1. The Hall–Kier alpha value is -2.75. The number of pyridine rings is 3. The van der Waals surface area contributed by atoms with Crippen LogP contribution in [0.1, 0.15) is 28.1 Å². The number of anilines is 1. The van der Waals surface area contributed by atoms with Crippen LogP contribution in [0.15, 0.2) is 55.0 Å². The lowest BCUT2D eigenvalue weighted by Crippen LogP contribution is -2.00. The third kappa shape index (κ3) is 4.62. The van der Waals surface area contributed by atoms with E-state index in [0.29, 0.717) is 5.82 Å². The molecule has 0 aliphatic carbocycles. The second kappa shape index (κ2) is 7.68. The Balaban J connectivity index is 1.60. The molecule has 0 unspecified atom stereocenters. The summed E-state index contributed by atoms with van der Waals surface area (Å²) in [5, 5.41) is 0. The number of hydrogen-bond donors (Lipinski definition) is 1. The van der Waals surface area contributed by atoms with Crippen molar-refractivity contribution in [2.24, 2.45) is 0 Å². The lowest BCUT2D eigenvalue weighted by atomic mass is 10.0. The fourth-order valence-corrected chi connectivity index (χ4v) is 2.80. The van der Waals surface area contributed by atoms with Crippen molar-refractivity contribution in [2.75, 3.05) is 5.73 Å². The molecule has 3 heterocycles. The van der Waals surface area contributed by atoms with Gasteiger partial charge in [0.25, 0.3) is 0 Å². The Bertz CT molecular complexity index is 779. The van der Waals surface area contributed by atoms with E-state index >= 15 is 0 Å². The van der Waals surface area contributed by atoms with Gasteiger partial charge in [0.2, 0.25) is 0 Å². The minimum absolute atomic E-state index is 0.590. The quantitative estimate of drug-likeness (QED) is 0.757. The molecule has 4 heteroatoms. The number of nitrogens with two attached hydrogens (primary N) is 1. The van der Waals surface area contributed by atoms with E-state index in [1.165, 1.54) is 11.1 Å². The smallest absolute Gasteiger partial charge is 0.123 e. The minimum Gasteiger partial charge on any atom is -0.384 e. The van der Waals surface area contributed by atoms with Gasteiger partial charge in [-0.2, -0.15) is 0 Å². The number of aryl methyl sites for hydroxylation is 5. The first kappa shape index (κ1) is 16.1. The molecule has 3 rings (SSSR count). The van der Waals surface area contributed by atoms with Gasteiger partial charge in [-0.05, 0) is 73.6 Å². The Kier molecular flexibility index (Phi) is 5.16. The molecule has 0 aliphatic heterocycles. The molecule has 0 bridgehead atoms. The number of nitrogens with zero attached hydrogens (tertiary/aromatic N) is 3. The van der Waals surface area contributed by atoms with Crippen molar-refractivity contribution >= 4 is 5.82 Å². The van der Waals surface area contributed by atoms with Crippen LogP contribution in [-0.4, -0.2) is 15.0 Å².